The molecule has 0 bridgehead atoms. The van der Waals surface area contributed by atoms with Crippen LogP contribution in [0.15, 0.2) is 108 Å². The van der Waals surface area contributed by atoms with Crippen LogP contribution in [0.3, 0.4) is 0 Å². The van der Waals surface area contributed by atoms with E-state index in [4.69, 9.17) is 9.15 Å². The van der Waals surface area contributed by atoms with Crippen LogP contribution >= 0.6 is 43.6 Å². The molecule has 4 aromatic rings. The Hall–Kier alpha value is -4.13. The molecule has 12 heteroatoms. The van der Waals surface area contributed by atoms with Gasteiger partial charge in [0.25, 0.3) is 11.8 Å². The van der Waals surface area contributed by atoms with Gasteiger partial charge in [0.05, 0.1) is 28.4 Å². The first kappa shape index (κ1) is 30.3. The fourth-order valence-corrected chi connectivity index (χ4v) is 6.14. The molecule has 9 nitrogen and oxygen atoms in total. The lowest BCUT2D eigenvalue weighted by Crippen LogP contribution is -2.28. The number of thioether (sulfide) groups is 1. The van der Waals surface area contributed by atoms with Gasteiger partial charge in [0.1, 0.15) is 17.3 Å². The molecule has 218 valence electrons. The summed E-state index contributed by atoms with van der Waals surface area (Å²) in [6.07, 6.45) is 4.63. The number of carbonyl (C=O) groups excluding carboxylic acids is 2. The molecule has 3 aromatic carbocycles. The van der Waals surface area contributed by atoms with Crippen LogP contribution in [0.5, 0.6) is 11.5 Å². The molecule has 0 radical (unpaired) electrons. The quantitative estimate of drug-likeness (QED) is 0.106. The Labute approximate surface area is 268 Å². The number of ether oxygens (including phenoxy) is 1. The van der Waals surface area contributed by atoms with Gasteiger partial charge >= 0.3 is 0 Å². The normalized spacial score (nSPS) is 15.1. The lowest BCUT2D eigenvalue weighted by molar-refractivity contribution is -0.122. The lowest BCUT2D eigenvalue weighted by Gasteiger charge is -2.12. The molecule has 5 rings (SSSR count). The van der Waals surface area contributed by atoms with Crippen LogP contribution in [-0.2, 0) is 16.1 Å². The molecule has 0 unspecified atom stereocenters. The average molecular weight is 724 g/mol. The molecule has 43 heavy (non-hydrogen) atoms. The summed E-state index contributed by atoms with van der Waals surface area (Å²) in [4.78, 5) is 27.9. The van der Waals surface area contributed by atoms with E-state index in [-0.39, 0.29) is 30.7 Å². The maximum atomic E-state index is 13.5. The van der Waals surface area contributed by atoms with Gasteiger partial charge in [-0.1, -0.05) is 51.8 Å². The molecule has 1 aliphatic rings. The Morgan fingerprint density at radius 3 is 2.65 bits per heavy atom. The number of hydrogen-bond donors (Lipinski definition) is 2. The zero-order valence-electron chi connectivity index (χ0n) is 22.7. The molecule has 2 amide bonds. The van der Waals surface area contributed by atoms with Crippen LogP contribution in [-0.4, -0.2) is 39.8 Å². The maximum Gasteiger partial charge on any atom is 0.267 e. The third-order valence-corrected chi connectivity index (χ3v) is 8.14. The minimum absolute atomic E-state index is 0.0134. The fourth-order valence-electron chi connectivity index (χ4n) is 3.95. The number of aromatic hydroxyl groups is 1. The fraction of sp³-hybridized carbons (Fsp3) is 0.0968. The van der Waals surface area contributed by atoms with Crippen molar-refractivity contribution in [2.24, 2.45) is 10.2 Å². The second-order valence-corrected chi connectivity index (χ2v) is 12.1. The summed E-state index contributed by atoms with van der Waals surface area (Å²) in [7, 11) is 0. The van der Waals surface area contributed by atoms with Gasteiger partial charge in [-0.2, -0.15) is 5.10 Å². The van der Waals surface area contributed by atoms with E-state index in [9.17, 15) is 14.7 Å². The zero-order valence-corrected chi connectivity index (χ0v) is 26.6. The number of aryl methyl sites for hydroxylation is 1. The number of rotatable bonds is 9. The van der Waals surface area contributed by atoms with Gasteiger partial charge in [-0.25, -0.2) is 0 Å². The molecule has 0 spiro atoms. The molecule has 0 aliphatic carbocycles. The number of benzene rings is 3. The van der Waals surface area contributed by atoms with Gasteiger partial charge in [-0.3, -0.25) is 14.5 Å². The van der Waals surface area contributed by atoms with Crippen LogP contribution in [0.25, 0.3) is 6.08 Å². The highest BCUT2D eigenvalue weighted by molar-refractivity contribution is 9.11. The average Bonchev–Trinajstić information content (AvgIpc) is 3.60. The third kappa shape index (κ3) is 7.83. The van der Waals surface area contributed by atoms with E-state index in [0.29, 0.717) is 42.9 Å². The largest absolute Gasteiger partial charge is 0.506 e. The predicted octanol–water partition coefficient (Wildman–Crippen LogP) is 7.34. The van der Waals surface area contributed by atoms with E-state index in [1.165, 1.54) is 17.4 Å². The van der Waals surface area contributed by atoms with Gasteiger partial charge in [0, 0.05) is 21.3 Å². The van der Waals surface area contributed by atoms with Crippen molar-refractivity contribution >= 4 is 78.6 Å². The smallest absolute Gasteiger partial charge is 0.267 e. The first-order valence-electron chi connectivity index (χ1n) is 12.9. The topological polar surface area (TPSA) is 117 Å². The summed E-state index contributed by atoms with van der Waals surface area (Å²) in [5.41, 5.74) is 2.82. The molecular formula is C31H24Br2N4O5S. The zero-order chi connectivity index (χ0) is 30.3. The van der Waals surface area contributed by atoms with E-state index < -0.39 is 0 Å². The highest BCUT2D eigenvalue weighted by atomic mass is 79.9. The van der Waals surface area contributed by atoms with E-state index >= 15 is 0 Å². The Balaban J connectivity index is 1.36. The van der Waals surface area contributed by atoms with Crippen molar-refractivity contribution < 1.29 is 23.8 Å². The summed E-state index contributed by atoms with van der Waals surface area (Å²) in [5, 5.41) is 21.9. The molecule has 2 heterocycles. The second kappa shape index (κ2) is 13.9. The number of amides is 2. The van der Waals surface area contributed by atoms with Gasteiger partial charge in [0.15, 0.2) is 11.8 Å². The number of amidine groups is 1. The predicted molar refractivity (Wildman–Crippen MR) is 175 cm³/mol. The number of phenols is 1. The minimum atomic E-state index is -0.307. The van der Waals surface area contributed by atoms with Gasteiger partial charge in [-0.15, -0.1) is 5.10 Å². The summed E-state index contributed by atoms with van der Waals surface area (Å²) >= 11 is 7.83. The summed E-state index contributed by atoms with van der Waals surface area (Å²) < 4.78 is 12.5. The number of anilines is 1. The Bertz CT molecular complexity index is 1740. The van der Waals surface area contributed by atoms with E-state index in [1.54, 1.807) is 48.5 Å². The van der Waals surface area contributed by atoms with Crippen LogP contribution in [0, 0.1) is 6.92 Å². The first-order valence-corrected chi connectivity index (χ1v) is 15.3. The molecule has 0 atom stereocenters. The molecule has 2 N–H and O–H groups in total. The highest BCUT2D eigenvalue weighted by Crippen LogP contribution is 2.36. The molecule has 1 fully saturated rings. The molecule has 0 saturated carbocycles. The van der Waals surface area contributed by atoms with Crippen molar-refractivity contribution in [2.45, 2.75) is 13.5 Å². The molecular weight excluding hydrogens is 700 g/mol. The minimum Gasteiger partial charge on any atom is -0.506 e. The third-order valence-electron chi connectivity index (χ3n) is 6.08. The van der Waals surface area contributed by atoms with Crippen LogP contribution in [0.1, 0.15) is 22.5 Å². The Morgan fingerprint density at radius 2 is 1.88 bits per heavy atom. The second-order valence-electron chi connectivity index (χ2n) is 9.27. The number of carbonyl (C=O) groups is 2. The number of nitrogens with zero attached hydrogens (tertiary/aromatic N) is 3. The van der Waals surface area contributed by atoms with Crippen molar-refractivity contribution in [1.82, 2.24) is 4.90 Å². The van der Waals surface area contributed by atoms with Gasteiger partial charge < -0.3 is 19.6 Å². The maximum absolute atomic E-state index is 13.5. The van der Waals surface area contributed by atoms with Crippen molar-refractivity contribution in [3.8, 4) is 11.5 Å². The Kier molecular flexibility index (Phi) is 9.80. The number of hydrogen-bond acceptors (Lipinski definition) is 8. The number of furan rings is 1. The van der Waals surface area contributed by atoms with E-state index in [0.717, 1.165) is 21.8 Å². The van der Waals surface area contributed by atoms with Crippen LogP contribution < -0.4 is 10.1 Å². The molecule has 1 saturated heterocycles. The summed E-state index contributed by atoms with van der Waals surface area (Å²) in [5.74, 6) is 0.427. The SMILES string of the molecule is Cc1ccc(NC(=O)COc2ccccc2/C=C2\S/C(=N/N=C\c3cc(Br)cc(Br)c3O)N(Cc3ccco3)C2=O)cc1. The standard InChI is InChI=1S/C31H24Br2N4O5S/c1-19-8-10-23(11-9-19)35-28(38)18-42-26-7-3-2-5-20(26)14-27-30(40)37(17-24-6-4-12-41-24)31(43-27)36-34-16-21-13-22(32)15-25(33)29(21)39/h2-16,39H,17-18H2,1H3,(H,35,38)/b27-14-,34-16-,36-31+. The molecule has 1 aliphatic heterocycles. The van der Waals surface area contributed by atoms with Crippen LogP contribution in [0.4, 0.5) is 5.69 Å². The highest BCUT2D eigenvalue weighted by Gasteiger charge is 2.34. The monoisotopic (exact) mass is 722 g/mol. The van der Waals surface area contributed by atoms with Gasteiger partial charge in [0.2, 0.25) is 0 Å². The number of para-hydroxylation sites is 1. The summed E-state index contributed by atoms with van der Waals surface area (Å²) in [6, 6.07) is 21.5. The van der Waals surface area contributed by atoms with Crippen molar-refractivity contribution in [2.75, 3.05) is 11.9 Å². The van der Waals surface area contributed by atoms with Gasteiger partial charge in [-0.05, 0) is 83.2 Å². The van der Waals surface area contributed by atoms with Crippen LogP contribution in [0.2, 0.25) is 0 Å². The first-order chi connectivity index (χ1) is 20.8. The van der Waals surface area contributed by atoms with Crippen molar-refractivity contribution in [3.63, 3.8) is 0 Å². The van der Waals surface area contributed by atoms with E-state index in [2.05, 4.69) is 47.4 Å². The molecule has 1 aromatic heterocycles. The summed E-state index contributed by atoms with van der Waals surface area (Å²) in [6.45, 7) is 1.91. The Morgan fingerprint density at radius 1 is 1.09 bits per heavy atom. The number of nitrogens with one attached hydrogen (secondary N) is 1. The van der Waals surface area contributed by atoms with Crippen molar-refractivity contribution in [3.05, 3.63) is 115 Å². The number of halogens is 2. The lowest BCUT2D eigenvalue weighted by atomic mass is 10.2. The number of phenolic OH excluding ortho intramolecular Hbond substituents is 1. The van der Waals surface area contributed by atoms with E-state index in [1.807, 2.05) is 37.3 Å². The van der Waals surface area contributed by atoms with Crippen molar-refractivity contribution in [1.29, 1.82) is 0 Å².